The Balaban J connectivity index is 2.41. The lowest BCUT2D eigenvalue weighted by Gasteiger charge is -2.30. The van der Waals surface area contributed by atoms with Crippen LogP contribution in [-0.4, -0.2) is 33.7 Å². The van der Waals surface area contributed by atoms with Gasteiger partial charge in [-0.15, -0.1) is 0 Å². The number of methoxy groups -OCH3 is 1. The molecule has 0 aromatic heterocycles. The maximum atomic E-state index is 12.9. The molecule has 0 aliphatic rings. The molecule has 2 aromatic rings. The number of amides is 1. The first-order valence-corrected chi connectivity index (χ1v) is 10.7. The predicted molar refractivity (Wildman–Crippen MR) is 109 cm³/mol. The maximum absolute atomic E-state index is 12.9. The Morgan fingerprint density at radius 3 is 2.26 bits per heavy atom. The third-order valence-corrected chi connectivity index (χ3v) is 5.50. The van der Waals surface area contributed by atoms with Gasteiger partial charge in [0, 0.05) is 10.0 Å². The highest BCUT2D eigenvalue weighted by molar-refractivity contribution is 7.92. The van der Waals surface area contributed by atoms with Gasteiger partial charge in [0.25, 0.3) is 0 Å². The summed E-state index contributed by atoms with van der Waals surface area (Å²) in [6.45, 7) is 1.73. The fourth-order valence-corrected chi connectivity index (χ4v) is 4.15. The minimum Gasteiger partial charge on any atom is -0.495 e. The van der Waals surface area contributed by atoms with Crippen molar-refractivity contribution in [2.75, 3.05) is 23.0 Å². The van der Waals surface area contributed by atoms with Crippen LogP contribution in [0.25, 0.3) is 0 Å². The van der Waals surface area contributed by atoms with Gasteiger partial charge in [-0.25, -0.2) is 8.42 Å². The molecule has 2 aromatic carbocycles. The zero-order chi connectivity index (χ0) is 20.2. The average Bonchev–Trinajstić information content (AvgIpc) is 2.59. The van der Waals surface area contributed by atoms with Crippen molar-refractivity contribution in [2.24, 2.45) is 0 Å². The van der Waals surface area contributed by atoms with Crippen molar-refractivity contribution in [1.82, 2.24) is 0 Å². The number of halogens is 2. The molecule has 146 valence electrons. The van der Waals surface area contributed by atoms with Crippen molar-refractivity contribution in [1.29, 1.82) is 0 Å². The molecule has 0 spiro atoms. The van der Waals surface area contributed by atoms with E-state index in [0.29, 0.717) is 27.2 Å². The quantitative estimate of drug-likeness (QED) is 0.714. The van der Waals surface area contributed by atoms with E-state index in [1.54, 1.807) is 43.3 Å². The van der Waals surface area contributed by atoms with Gasteiger partial charge in [-0.05, 0) is 48.9 Å². The van der Waals surface area contributed by atoms with Crippen LogP contribution in [0.4, 0.5) is 11.4 Å². The monoisotopic (exact) mass is 430 g/mol. The van der Waals surface area contributed by atoms with Crippen molar-refractivity contribution < 1.29 is 17.9 Å². The van der Waals surface area contributed by atoms with Crippen molar-refractivity contribution in [3.8, 4) is 5.75 Å². The van der Waals surface area contributed by atoms with Crippen LogP contribution in [0.3, 0.4) is 0 Å². The van der Waals surface area contributed by atoms with E-state index in [9.17, 15) is 13.2 Å². The minimum absolute atomic E-state index is 0.254. The summed E-state index contributed by atoms with van der Waals surface area (Å²) < 4.78 is 31.1. The highest BCUT2D eigenvalue weighted by atomic mass is 35.5. The van der Waals surface area contributed by atoms with Crippen molar-refractivity contribution >= 4 is 50.5 Å². The molecule has 0 aliphatic heterocycles. The lowest BCUT2D eigenvalue weighted by molar-refractivity contribution is -0.117. The molecule has 6 nitrogen and oxygen atoms in total. The highest BCUT2D eigenvalue weighted by Gasteiger charge is 2.32. The third-order valence-electron chi connectivity index (χ3n) is 3.83. The third kappa shape index (κ3) is 5.28. The number of hydrogen-bond donors (Lipinski definition) is 1. The molecule has 0 radical (unpaired) electrons. The lowest BCUT2D eigenvalue weighted by Crippen LogP contribution is -2.47. The Morgan fingerprint density at radius 1 is 1.15 bits per heavy atom. The van der Waals surface area contributed by atoms with E-state index in [0.717, 1.165) is 10.6 Å². The lowest BCUT2D eigenvalue weighted by atomic mass is 10.1. The van der Waals surface area contributed by atoms with E-state index in [1.165, 1.54) is 13.2 Å². The molecule has 0 fully saturated rings. The van der Waals surface area contributed by atoms with Gasteiger partial charge in [-0.2, -0.15) is 0 Å². The molecular weight excluding hydrogens is 411 g/mol. The standard InChI is InChI=1S/C18H20Cl2N2O4S/c1-4-16(18(23)21-15-11-13(20)7-10-17(15)26-2)22(27(3,24)25)14-8-5-12(19)6-9-14/h5-11,16H,4H2,1-3H3,(H,21,23)/t16-/m0/s1. The Morgan fingerprint density at radius 2 is 1.74 bits per heavy atom. The number of ether oxygens (including phenoxy) is 1. The number of carbonyl (C=O) groups is 1. The zero-order valence-corrected chi connectivity index (χ0v) is 17.4. The van der Waals surface area contributed by atoms with E-state index in [1.807, 2.05) is 0 Å². The predicted octanol–water partition coefficient (Wildman–Crippen LogP) is 4.19. The van der Waals surface area contributed by atoms with Gasteiger partial charge in [0.1, 0.15) is 11.8 Å². The Bertz CT molecular complexity index is 917. The number of sulfonamides is 1. The molecule has 1 N–H and O–H groups in total. The molecule has 0 saturated carbocycles. The van der Waals surface area contributed by atoms with E-state index >= 15 is 0 Å². The summed E-state index contributed by atoms with van der Waals surface area (Å²) in [7, 11) is -2.27. The van der Waals surface area contributed by atoms with Crippen LogP contribution in [-0.2, 0) is 14.8 Å². The van der Waals surface area contributed by atoms with Crippen LogP contribution in [0.1, 0.15) is 13.3 Å². The minimum atomic E-state index is -3.73. The summed E-state index contributed by atoms with van der Waals surface area (Å²) in [6.07, 6.45) is 1.31. The van der Waals surface area contributed by atoms with Gasteiger partial charge in [0.2, 0.25) is 15.9 Å². The molecule has 2 rings (SSSR count). The molecule has 0 unspecified atom stereocenters. The normalized spacial score (nSPS) is 12.3. The summed E-state index contributed by atoms with van der Waals surface area (Å²) in [5, 5.41) is 3.59. The summed E-state index contributed by atoms with van der Waals surface area (Å²) in [5.41, 5.74) is 0.708. The first-order valence-electron chi connectivity index (χ1n) is 8.06. The van der Waals surface area contributed by atoms with Gasteiger partial charge in [-0.1, -0.05) is 30.1 Å². The molecule has 1 amide bonds. The van der Waals surface area contributed by atoms with Gasteiger partial charge in [0.15, 0.2) is 0 Å². The first-order chi connectivity index (χ1) is 12.7. The molecule has 1 atom stereocenters. The van der Waals surface area contributed by atoms with Gasteiger partial charge in [-0.3, -0.25) is 9.10 Å². The molecule has 27 heavy (non-hydrogen) atoms. The Hall–Kier alpha value is -1.96. The van der Waals surface area contributed by atoms with Gasteiger partial charge >= 0.3 is 0 Å². The van der Waals surface area contributed by atoms with Crippen molar-refractivity contribution in [3.05, 3.63) is 52.5 Å². The highest BCUT2D eigenvalue weighted by Crippen LogP contribution is 2.29. The Labute approximate surface area is 169 Å². The fourth-order valence-electron chi connectivity index (χ4n) is 2.64. The van der Waals surface area contributed by atoms with Crippen molar-refractivity contribution in [2.45, 2.75) is 19.4 Å². The second-order valence-corrected chi connectivity index (χ2v) is 8.53. The van der Waals surface area contributed by atoms with Crippen LogP contribution in [0.15, 0.2) is 42.5 Å². The number of hydrogen-bond acceptors (Lipinski definition) is 4. The molecule has 0 bridgehead atoms. The van der Waals surface area contributed by atoms with Crippen LogP contribution in [0.5, 0.6) is 5.75 Å². The maximum Gasteiger partial charge on any atom is 0.248 e. The summed E-state index contributed by atoms with van der Waals surface area (Å²) in [4.78, 5) is 12.9. The average molecular weight is 431 g/mol. The fraction of sp³-hybridized carbons (Fsp3) is 0.278. The van der Waals surface area contributed by atoms with Crippen LogP contribution >= 0.6 is 23.2 Å². The number of benzene rings is 2. The summed E-state index contributed by atoms with van der Waals surface area (Å²) in [6, 6.07) is 10.1. The molecule has 0 heterocycles. The van der Waals surface area contributed by atoms with E-state index in [-0.39, 0.29) is 6.42 Å². The SMILES string of the molecule is CC[C@@H](C(=O)Nc1cc(Cl)ccc1OC)N(c1ccc(Cl)cc1)S(C)(=O)=O. The second kappa shape index (κ2) is 8.82. The van der Waals surface area contributed by atoms with E-state index < -0.39 is 22.0 Å². The summed E-state index contributed by atoms with van der Waals surface area (Å²) in [5.74, 6) is -0.0848. The number of carbonyl (C=O) groups excluding carboxylic acids is 1. The summed E-state index contributed by atoms with van der Waals surface area (Å²) >= 11 is 11.9. The van der Waals surface area contributed by atoms with Gasteiger partial charge in [0.05, 0.1) is 24.7 Å². The molecule has 0 aliphatic carbocycles. The smallest absolute Gasteiger partial charge is 0.248 e. The van der Waals surface area contributed by atoms with Crippen molar-refractivity contribution in [3.63, 3.8) is 0 Å². The number of rotatable bonds is 7. The number of nitrogens with zero attached hydrogens (tertiary/aromatic N) is 1. The number of nitrogens with one attached hydrogen (secondary N) is 1. The van der Waals surface area contributed by atoms with E-state index in [4.69, 9.17) is 27.9 Å². The molecule has 9 heteroatoms. The number of anilines is 2. The van der Waals surface area contributed by atoms with Crippen LogP contribution in [0, 0.1) is 0 Å². The molecule has 0 saturated heterocycles. The Kier molecular flexibility index (Phi) is 6.97. The largest absolute Gasteiger partial charge is 0.495 e. The van der Waals surface area contributed by atoms with E-state index in [2.05, 4.69) is 5.32 Å². The van der Waals surface area contributed by atoms with Gasteiger partial charge < -0.3 is 10.1 Å². The first kappa shape index (κ1) is 21.3. The second-order valence-electron chi connectivity index (χ2n) is 5.79. The topological polar surface area (TPSA) is 75.7 Å². The molecular formula is C18H20Cl2N2O4S. The van der Waals surface area contributed by atoms with Crippen LogP contribution in [0.2, 0.25) is 10.0 Å². The van der Waals surface area contributed by atoms with Crippen LogP contribution < -0.4 is 14.4 Å². The zero-order valence-electron chi connectivity index (χ0n) is 15.1.